The quantitative estimate of drug-likeness (QED) is 0.686. The van der Waals surface area contributed by atoms with E-state index in [-0.39, 0.29) is 11.0 Å². The van der Waals surface area contributed by atoms with E-state index < -0.39 is 16.1 Å². The molecule has 0 saturated heterocycles. The van der Waals surface area contributed by atoms with Crippen LogP contribution in [0.2, 0.25) is 10.0 Å². The summed E-state index contributed by atoms with van der Waals surface area (Å²) in [6.07, 6.45) is 2.37. The lowest BCUT2D eigenvalue weighted by Crippen LogP contribution is -2.35. The van der Waals surface area contributed by atoms with Crippen molar-refractivity contribution in [3.8, 4) is 5.75 Å². The Hall–Kier alpha value is -1.31. The second-order valence-corrected chi connectivity index (χ2v) is 9.43. The molecule has 1 atom stereocenters. The van der Waals surface area contributed by atoms with E-state index in [1.54, 1.807) is 42.5 Å². The topological polar surface area (TPSA) is 58.6 Å². The number of hydrogen-bond acceptors (Lipinski definition) is 4. The molecule has 5 nitrogen and oxygen atoms in total. The molecule has 0 aromatic heterocycles. The predicted molar refractivity (Wildman–Crippen MR) is 108 cm³/mol. The Labute approximate surface area is 170 Å². The molecular formula is C19H22Cl2N2O3S. The zero-order chi connectivity index (χ0) is 19.6. The normalized spacial score (nSPS) is 15.7. The van der Waals surface area contributed by atoms with Gasteiger partial charge in [0.25, 0.3) is 0 Å². The summed E-state index contributed by atoms with van der Waals surface area (Å²) in [6, 6.07) is 11.1. The van der Waals surface area contributed by atoms with Crippen LogP contribution in [0.25, 0.3) is 0 Å². The van der Waals surface area contributed by atoms with Crippen molar-refractivity contribution >= 4 is 33.2 Å². The van der Waals surface area contributed by atoms with Gasteiger partial charge in [0, 0.05) is 6.54 Å². The van der Waals surface area contributed by atoms with Crippen molar-refractivity contribution in [1.82, 2.24) is 9.62 Å². The number of hydrogen-bond donors (Lipinski definition) is 1. The molecule has 27 heavy (non-hydrogen) atoms. The molecule has 0 amide bonds. The van der Waals surface area contributed by atoms with Crippen molar-refractivity contribution < 1.29 is 13.2 Å². The van der Waals surface area contributed by atoms with Gasteiger partial charge in [0.05, 0.1) is 27.1 Å². The van der Waals surface area contributed by atoms with Gasteiger partial charge in [-0.3, -0.25) is 0 Å². The van der Waals surface area contributed by atoms with Gasteiger partial charge in [-0.15, -0.1) is 0 Å². The highest BCUT2D eigenvalue weighted by molar-refractivity contribution is 7.89. The maximum atomic E-state index is 12.9. The van der Waals surface area contributed by atoms with Gasteiger partial charge in [0.2, 0.25) is 10.0 Å². The third kappa shape index (κ3) is 5.59. The van der Waals surface area contributed by atoms with Crippen LogP contribution in [-0.4, -0.2) is 40.1 Å². The zero-order valence-electron chi connectivity index (χ0n) is 15.2. The Bertz CT molecular complexity index is 898. The SMILES string of the molecule is CN(C)C[C@@H](NS(=O)(=O)c1ccc(OC2CC2)cc1)c1ccc(Cl)c(Cl)c1. The van der Waals surface area contributed by atoms with Crippen LogP contribution in [-0.2, 0) is 10.0 Å². The molecule has 0 heterocycles. The highest BCUT2D eigenvalue weighted by Gasteiger charge is 2.25. The number of ether oxygens (including phenoxy) is 1. The lowest BCUT2D eigenvalue weighted by atomic mass is 10.1. The summed E-state index contributed by atoms with van der Waals surface area (Å²) in [6.45, 7) is 0.472. The number of benzene rings is 2. The van der Waals surface area contributed by atoms with E-state index in [0.29, 0.717) is 22.3 Å². The largest absolute Gasteiger partial charge is 0.490 e. The Morgan fingerprint density at radius 3 is 2.33 bits per heavy atom. The molecule has 146 valence electrons. The fourth-order valence-electron chi connectivity index (χ4n) is 2.64. The first-order chi connectivity index (χ1) is 12.7. The lowest BCUT2D eigenvalue weighted by molar-refractivity contribution is 0.303. The molecule has 1 aliphatic rings. The summed E-state index contributed by atoms with van der Waals surface area (Å²) in [4.78, 5) is 2.09. The van der Waals surface area contributed by atoms with Crippen LogP contribution in [0.1, 0.15) is 24.4 Å². The summed E-state index contributed by atoms with van der Waals surface area (Å²) in [5, 5.41) is 0.817. The predicted octanol–water partition coefficient (Wildman–Crippen LogP) is 4.12. The monoisotopic (exact) mass is 428 g/mol. The number of sulfonamides is 1. The molecule has 8 heteroatoms. The first-order valence-corrected chi connectivity index (χ1v) is 10.9. The average Bonchev–Trinajstić information content (AvgIpc) is 3.40. The summed E-state index contributed by atoms with van der Waals surface area (Å²) >= 11 is 12.1. The molecule has 1 saturated carbocycles. The number of likely N-dealkylation sites (N-methyl/N-ethyl adjacent to an activating group) is 1. The van der Waals surface area contributed by atoms with Gasteiger partial charge in [-0.2, -0.15) is 0 Å². The van der Waals surface area contributed by atoms with E-state index in [1.807, 2.05) is 19.0 Å². The molecule has 0 bridgehead atoms. The fourth-order valence-corrected chi connectivity index (χ4v) is 4.16. The summed E-state index contributed by atoms with van der Waals surface area (Å²) in [7, 11) is 0.0415. The van der Waals surface area contributed by atoms with Crippen molar-refractivity contribution in [3.05, 3.63) is 58.1 Å². The smallest absolute Gasteiger partial charge is 0.241 e. The average molecular weight is 429 g/mol. The van der Waals surface area contributed by atoms with Crippen LogP contribution in [0.3, 0.4) is 0 Å². The molecule has 0 aliphatic heterocycles. The van der Waals surface area contributed by atoms with Crippen molar-refractivity contribution in [3.63, 3.8) is 0 Å². The van der Waals surface area contributed by atoms with Gasteiger partial charge in [-0.1, -0.05) is 29.3 Å². The lowest BCUT2D eigenvalue weighted by Gasteiger charge is -2.23. The van der Waals surface area contributed by atoms with Crippen LogP contribution in [0.4, 0.5) is 0 Å². The van der Waals surface area contributed by atoms with Crippen molar-refractivity contribution in [2.75, 3.05) is 20.6 Å². The summed E-state index contributed by atoms with van der Waals surface area (Å²) in [5.74, 6) is 0.686. The van der Waals surface area contributed by atoms with Crippen LogP contribution < -0.4 is 9.46 Å². The summed E-state index contributed by atoms with van der Waals surface area (Å²) < 4.78 is 34.2. The Kier molecular flexibility index (Phi) is 6.33. The van der Waals surface area contributed by atoms with Gasteiger partial charge in [0.1, 0.15) is 5.75 Å². The maximum absolute atomic E-state index is 12.9. The minimum Gasteiger partial charge on any atom is -0.490 e. The van der Waals surface area contributed by atoms with E-state index in [1.165, 1.54) is 0 Å². The van der Waals surface area contributed by atoms with E-state index in [4.69, 9.17) is 27.9 Å². The first-order valence-electron chi connectivity index (χ1n) is 8.63. The third-order valence-corrected chi connectivity index (χ3v) is 6.38. The van der Waals surface area contributed by atoms with E-state index in [9.17, 15) is 8.42 Å². The first kappa shape index (κ1) is 20.4. The van der Waals surface area contributed by atoms with Gasteiger partial charge in [-0.05, 0) is 68.9 Å². The summed E-state index contributed by atoms with van der Waals surface area (Å²) in [5.41, 5.74) is 0.746. The molecule has 2 aromatic carbocycles. The standard InChI is InChI=1S/C19H22Cl2N2O3S/c1-23(2)12-19(13-3-10-17(20)18(21)11-13)22-27(24,25)16-8-6-15(7-9-16)26-14-4-5-14/h3,6-11,14,19,22H,4-5,12H2,1-2H3/t19-/m1/s1. The minimum absolute atomic E-state index is 0.189. The Balaban J connectivity index is 1.81. The maximum Gasteiger partial charge on any atom is 0.241 e. The number of nitrogens with zero attached hydrogens (tertiary/aromatic N) is 1. The Morgan fingerprint density at radius 2 is 1.78 bits per heavy atom. The third-order valence-electron chi connectivity index (χ3n) is 4.15. The molecule has 2 aromatic rings. The molecular weight excluding hydrogens is 407 g/mol. The molecule has 1 fully saturated rings. The van der Waals surface area contributed by atoms with Crippen molar-refractivity contribution in [2.45, 2.75) is 29.9 Å². The number of rotatable bonds is 8. The second kappa shape index (κ2) is 8.37. The molecule has 1 aliphatic carbocycles. The molecule has 3 rings (SSSR count). The van der Waals surface area contributed by atoms with Crippen molar-refractivity contribution in [1.29, 1.82) is 0 Å². The van der Waals surface area contributed by atoms with Crippen LogP contribution in [0, 0.1) is 0 Å². The van der Waals surface area contributed by atoms with Crippen LogP contribution in [0.15, 0.2) is 47.4 Å². The Morgan fingerprint density at radius 1 is 1.11 bits per heavy atom. The van der Waals surface area contributed by atoms with Gasteiger partial charge in [0.15, 0.2) is 0 Å². The van der Waals surface area contributed by atoms with E-state index in [2.05, 4.69) is 4.72 Å². The molecule has 0 radical (unpaired) electrons. The molecule has 0 spiro atoms. The van der Waals surface area contributed by atoms with Crippen LogP contribution >= 0.6 is 23.2 Å². The molecule has 0 unspecified atom stereocenters. The van der Waals surface area contributed by atoms with E-state index in [0.717, 1.165) is 18.4 Å². The zero-order valence-corrected chi connectivity index (χ0v) is 17.5. The minimum atomic E-state index is -3.71. The highest BCUT2D eigenvalue weighted by atomic mass is 35.5. The van der Waals surface area contributed by atoms with Gasteiger partial charge < -0.3 is 9.64 Å². The van der Waals surface area contributed by atoms with Crippen molar-refractivity contribution in [2.24, 2.45) is 0 Å². The second-order valence-electron chi connectivity index (χ2n) is 6.90. The number of nitrogens with one attached hydrogen (secondary N) is 1. The highest BCUT2D eigenvalue weighted by Crippen LogP contribution is 2.29. The van der Waals surface area contributed by atoms with Gasteiger partial charge >= 0.3 is 0 Å². The van der Waals surface area contributed by atoms with Crippen LogP contribution in [0.5, 0.6) is 5.75 Å². The fraction of sp³-hybridized carbons (Fsp3) is 0.368. The van der Waals surface area contributed by atoms with E-state index >= 15 is 0 Å². The van der Waals surface area contributed by atoms with Gasteiger partial charge in [-0.25, -0.2) is 13.1 Å². The number of halogens is 2. The molecule has 1 N–H and O–H groups in total.